The smallest absolute Gasteiger partial charge is 0.410 e. The molecule has 0 unspecified atom stereocenters. The maximum atomic E-state index is 12.3. The van der Waals surface area contributed by atoms with Gasteiger partial charge in [0.05, 0.1) is 0 Å². The van der Waals surface area contributed by atoms with Crippen LogP contribution in [0.1, 0.15) is 40.0 Å². The molecule has 24 heavy (non-hydrogen) atoms. The molecule has 0 aromatic heterocycles. The lowest BCUT2D eigenvalue weighted by Crippen LogP contribution is -2.48. The Hall–Kier alpha value is -1.44. The molecule has 0 bridgehead atoms. The molecule has 0 aliphatic carbocycles. The Labute approximate surface area is 147 Å². The van der Waals surface area contributed by atoms with Crippen molar-refractivity contribution in [2.45, 2.75) is 51.7 Å². The molecular weight excluding hydrogens is 332 g/mol. The molecule has 1 heterocycles. The van der Waals surface area contributed by atoms with Crippen LogP contribution in [-0.2, 0) is 14.3 Å². The number of rotatable bonds is 6. The van der Waals surface area contributed by atoms with Crippen molar-refractivity contribution in [3.8, 4) is 0 Å². The van der Waals surface area contributed by atoms with Gasteiger partial charge in [-0.1, -0.05) is 0 Å². The Morgan fingerprint density at radius 1 is 1.29 bits per heavy atom. The molecular formula is C16H28N2O5S. The van der Waals surface area contributed by atoms with E-state index in [0.29, 0.717) is 38.1 Å². The summed E-state index contributed by atoms with van der Waals surface area (Å²) in [5.74, 6) is -0.843. The molecule has 2 N–H and O–H groups in total. The third kappa shape index (κ3) is 6.98. The third-order valence-electron chi connectivity index (χ3n) is 3.74. The third-order valence-corrected chi connectivity index (χ3v) is 4.39. The average Bonchev–Trinajstić information content (AvgIpc) is 2.49. The molecule has 0 spiro atoms. The molecule has 2 amide bonds. The number of likely N-dealkylation sites (tertiary alicyclic amines) is 1. The Bertz CT molecular complexity index is 456. The molecule has 1 saturated heterocycles. The molecule has 1 rings (SSSR count). The van der Waals surface area contributed by atoms with Gasteiger partial charge in [0.15, 0.2) is 0 Å². The first-order chi connectivity index (χ1) is 11.1. The fourth-order valence-corrected chi connectivity index (χ4v) is 2.90. The molecule has 7 nitrogen and oxygen atoms in total. The van der Waals surface area contributed by atoms with Crippen molar-refractivity contribution in [1.82, 2.24) is 10.2 Å². The SMILES string of the molecule is CSCC[C@@H](NC(=O)C1CCN(C(=O)OC(C)(C)C)CC1)C(=O)O. The number of hydrogen-bond acceptors (Lipinski definition) is 5. The highest BCUT2D eigenvalue weighted by Gasteiger charge is 2.31. The summed E-state index contributed by atoms with van der Waals surface area (Å²) in [6, 6.07) is -0.853. The number of carboxylic acids is 1. The van der Waals surface area contributed by atoms with Gasteiger partial charge in [0.2, 0.25) is 5.91 Å². The maximum Gasteiger partial charge on any atom is 0.410 e. The minimum Gasteiger partial charge on any atom is -0.480 e. The monoisotopic (exact) mass is 360 g/mol. The Kier molecular flexibility index (Phi) is 7.86. The first-order valence-electron chi connectivity index (χ1n) is 8.14. The molecule has 1 fully saturated rings. The van der Waals surface area contributed by atoms with Crippen molar-refractivity contribution in [2.24, 2.45) is 5.92 Å². The van der Waals surface area contributed by atoms with Gasteiger partial charge < -0.3 is 20.1 Å². The van der Waals surface area contributed by atoms with Gasteiger partial charge in [0.1, 0.15) is 11.6 Å². The van der Waals surface area contributed by atoms with Gasteiger partial charge in [0.25, 0.3) is 0 Å². The highest BCUT2D eigenvalue weighted by Crippen LogP contribution is 2.20. The first-order valence-corrected chi connectivity index (χ1v) is 9.53. The molecule has 1 aliphatic heterocycles. The average molecular weight is 360 g/mol. The van der Waals surface area contributed by atoms with Gasteiger partial charge in [-0.05, 0) is 52.0 Å². The molecule has 8 heteroatoms. The van der Waals surface area contributed by atoms with Gasteiger partial charge in [-0.15, -0.1) is 0 Å². The van der Waals surface area contributed by atoms with Gasteiger partial charge in [0, 0.05) is 19.0 Å². The molecule has 1 aliphatic rings. The fourth-order valence-electron chi connectivity index (χ4n) is 2.43. The van der Waals surface area contributed by atoms with E-state index in [9.17, 15) is 19.5 Å². The van der Waals surface area contributed by atoms with Crippen LogP contribution in [0.5, 0.6) is 0 Å². The number of nitrogens with zero attached hydrogens (tertiary/aromatic N) is 1. The minimum atomic E-state index is -1.01. The predicted octanol–water partition coefficient (Wildman–Crippen LogP) is 1.96. The lowest BCUT2D eigenvalue weighted by atomic mass is 9.95. The number of carboxylic acid groups (broad SMARTS) is 1. The van der Waals surface area contributed by atoms with Crippen LogP contribution in [0.25, 0.3) is 0 Å². The van der Waals surface area contributed by atoms with Crippen molar-refractivity contribution < 1.29 is 24.2 Å². The summed E-state index contributed by atoms with van der Waals surface area (Å²) < 4.78 is 5.32. The van der Waals surface area contributed by atoms with E-state index < -0.39 is 17.6 Å². The number of nitrogens with one attached hydrogen (secondary N) is 1. The molecule has 0 aromatic carbocycles. The van der Waals surface area contributed by atoms with Crippen LogP contribution in [0, 0.1) is 5.92 Å². The number of ether oxygens (including phenoxy) is 1. The quantitative estimate of drug-likeness (QED) is 0.752. The highest BCUT2D eigenvalue weighted by molar-refractivity contribution is 7.98. The number of aliphatic carboxylic acids is 1. The van der Waals surface area contributed by atoms with Crippen molar-refractivity contribution >= 4 is 29.7 Å². The van der Waals surface area contributed by atoms with Crippen LogP contribution < -0.4 is 5.32 Å². The van der Waals surface area contributed by atoms with Crippen molar-refractivity contribution in [3.05, 3.63) is 0 Å². The summed E-state index contributed by atoms with van der Waals surface area (Å²) in [6.45, 7) is 6.31. The lowest BCUT2D eigenvalue weighted by molar-refractivity contribution is -0.142. The fraction of sp³-hybridized carbons (Fsp3) is 0.812. The van der Waals surface area contributed by atoms with Crippen LogP contribution in [0.4, 0.5) is 4.79 Å². The maximum absolute atomic E-state index is 12.3. The predicted molar refractivity (Wildman–Crippen MR) is 93.1 cm³/mol. The van der Waals surface area contributed by atoms with E-state index in [4.69, 9.17) is 4.74 Å². The van der Waals surface area contributed by atoms with Gasteiger partial charge >= 0.3 is 12.1 Å². The largest absolute Gasteiger partial charge is 0.480 e. The zero-order valence-corrected chi connectivity index (χ0v) is 15.6. The van der Waals surface area contributed by atoms with E-state index in [2.05, 4.69) is 5.32 Å². The molecule has 0 aromatic rings. The van der Waals surface area contributed by atoms with Crippen LogP contribution in [0.15, 0.2) is 0 Å². The van der Waals surface area contributed by atoms with Crippen LogP contribution in [-0.4, -0.2) is 64.7 Å². The van der Waals surface area contributed by atoms with E-state index in [1.807, 2.05) is 27.0 Å². The summed E-state index contributed by atoms with van der Waals surface area (Å²) in [6.07, 6.45) is 2.95. The second kappa shape index (κ2) is 9.15. The summed E-state index contributed by atoms with van der Waals surface area (Å²) in [4.78, 5) is 37.1. The number of carbonyl (C=O) groups excluding carboxylic acids is 2. The Morgan fingerprint density at radius 2 is 1.88 bits per heavy atom. The van der Waals surface area contributed by atoms with Crippen LogP contribution in [0.3, 0.4) is 0 Å². The molecule has 0 radical (unpaired) electrons. The van der Waals surface area contributed by atoms with Gasteiger partial charge in [-0.2, -0.15) is 11.8 Å². The zero-order chi connectivity index (χ0) is 18.3. The Morgan fingerprint density at radius 3 is 2.33 bits per heavy atom. The molecule has 138 valence electrons. The summed E-state index contributed by atoms with van der Waals surface area (Å²) in [5.41, 5.74) is -0.544. The van der Waals surface area contributed by atoms with E-state index in [1.165, 1.54) is 0 Å². The van der Waals surface area contributed by atoms with E-state index in [1.54, 1.807) is 16.7 Å². The van der Waals surface area contributed by atoms with E-state index in [0.717, 1.165) is 0 Å². The zero-order valence-electron chi connectivity index (χ0n) is 14.8. The normalized spacial score (nSPS) is 17.2. The summed E-state index contributed by atoms with van der Waals surface area (Å²) in [5, 5.41) is 11.8. The standard InChI is InChI=1S/C16H28N2O5S/c1-16(2,3)23-15(22)18-8-5-11(6-9-18)13(19)17-12(14(20)21)7-10-24-4/h11-12H,5-10H2,1-4H3,(H,17,19)(H,20,21)/t12-/m1/s1. The van der Waals surface area contributed by atoms with Crippen molar-refractivity contribution in [3.63, 3.8) is 0 Å². The number of piperidine rings is 1. The van der Waals surface area contributed by atoms with Crippen molar-refractivity contribution in [2.75, 3.05) is 25.1 Å². The van der Waals surface area contributed by atoms with Gasteiger partial charge in [-0.25, -0.2) is 9.59 Å². The number of hydrogen-bond donors (Lipinski definition) is 2. The highest BCUT2D eigenvalue weighted by atomic mass is 32.2. The van der Waals surface area contributed by atoms with E-state index >= 15 is 0 Å². The van der Waals surface area contributed by atoms with Crippen LogP contribution in [0.2, 0.25) is 0 Å². The topological polar surface area (TPSA) is 95.9 Å². The van der Waals surface area contributed by atoms with Crippen LogP contribution >= 0.6 is 11.8 Å². The summed E-state index contributed by atoms with van der Waals surface area (Å²) >= 11 is 1.55. The second-order valence-electron chi connectivity index (χ2n) is 6.92. The number of amides is 2. The second-order valence-corrected chi connectivity index (χ2v) is 7.91. The first kappa shape index (κ1) is 20.6. The number of carbonyl (C=O) groups is 3. The Balaban J connectivity index is 2.47. The van der Waals surface area contributed by atoms with Crippen molar-refractivity contribution in [1.29, 1.82) is 0 Å². The lowest BCUT2D eigenvalue weighted by Gasteiger charge is -2.33. The van der Waals surface area contributed by atoms with Gasteiger partial charge in [-0.3, -0.25) is 4.79 Å². The summed E-state index contributed by atoms with van der Waals surface area (Å²) in [7, 11) is 0. The minimum absolute atomic E-state index is 0.243. The molecule has 0 saturated carbocycles. The number of thioether (sulfide) groups is 1. The molecule has 1 atom stereocenters. The van der Waals surface area contributed by atoms with E-state index in [-0.39, 0.29) is 17.9 Å².